The minimum atomic E-state index is -0.320. The van der Waals surface area contributed by atoms with E-state index in [2.05, 4.69) is 10.5 Å². The predicted octanol–water partition coefficient (Wildman–Crippen LogP) is 4.62. The van der Waals surface area contributed by atoms with Crippen LogP contribution in [0, 0.1) is 5.82 Å². The molecule has 31 heavy (non-hydrogen) atoms. The second kappa shape index (κ2) is 10.5. The van der Waals surface area contributed by atoms with Gasteiger partial charge >= 0.3 is 6.03 Å². The third-order valence-corrected chi connectivity index (χ3v) is 4.68. The fourth-order valence-corrected chi connectivity index (χ4v) is 3.07. The SMILES string of the molecule is CCCNC(=O)N(Cc1ccc(F)cc1)Cc1cc(-c2cc(OC)ccc2OC)on1. The molecule has 164 valence electrons. The molecule has 8 heteroatoms. The second-order valence-corrected chi connectivity index (χ2v) is 6.96. The molecule has 0 bridgehead atoms. The quantitative estimate of drug-likeness (QED) is 0.539. The van der Waals surface area contributed by atoms with Gasteiger partial charge in [0.05, 0.1) is 26.3 Å². The number of hydrogen-bond donors (Lipinski definition) is 1. The van der Waals surface area contributed by atoms with Crippen LogP contribution in [0.4, 0.5) is 9.18 Å². The third-order valence-electron chi connectivity index (χ3n) is 4.68. The zero-order valence-electron chi connectivity index (χ0n) is 17.9. The number of rotatable bonds is 9. The van der Waals surface area contributed by atoms with Gasteiger partial charge in [-0.25, -0.2) is 9.18 Å². The monoisotopic (exact) mass is 427 g/mol. The van der Waals surface area contributed by atoms with Crippen LogP contribution in [0.25, 0.3) is 11.3 Å². The number of nitrogens with one attached hydrogen (secondary N) is 1. The predicted molar refractivity (Wildman–Crippen MR) is 114 cm³/mol. The van der Waals surface area contributed by atoms with E-state index in [1.54, 1.807) is 55.5 Å². The third kappa shape index (κ3) is 5.75. The Bertz CT molecular complexity index is 1000. The van der Waals surface area contributed by atoms with Gasteiger partial charge < -0.3 is 24.2 Å². The summed E-state index contributed by atoms with van der Waals surface area (Å²) in [7, 11) is 3.16. The van der Waals surface area contributed by atoms with E-state index in [0.717, 1.165) is 12.0 Å². The maximum atomic E-state index is 13.2. The van der Waals surface area contributed by atoms with E-state index >= 15 is 0 Å². The Balaban J connectivity index is 1.82. The van der Waals surface area contributed by atoms with Gasteiger partial charge in [0.2, 0.25) is 0 Å². The lowest BCUT2D eigenvalue weighted by molar-refractivity contribution is 0.190. The van der Waals surface area contributed by atoms with Crippen LogP contribution < -0.4 is 14.8 Å². The molecule has 2 aromatic carbocycles. The summed E-state index contributed by atoms with van der Waals surface area (Å²) in [5, 5.41) is 7.00. The highest BCUT2D eigenvalue weighted by atomic mass is 19.1. The van der Waals surface area contributed by atoms with E-state index in [1.807, 2.05) is 6.92 Å². The van der Waals surface area contributed by atoms with Gasteiger partial charge in [-0.3, -0.25) is 0 Å². The summed E-state index contributed by atoms with van der Waals surface area (Å²) < 4.78 is 29.5. The lowest BCUT2D eigenvalue weighted by atomic mass is 10.1. The van der Waals surface area contributed by atoms with E-state index in [9.17, 15) is 9.18 Å². The van der Waals surface area contributed by atoms with Gasteiger partial charge in [0.15, 0.2) is 5.76 Å². The number of hydrogen-bond acceptors (Lipinski definition) is 5. The molecule has 0 radical (unpaired) electrons. The van der Waals surface area contributed by atoms with Gasteiger partial charge in [-0.1, -0.05) is 24.2 Å². The van der Waals surface area contributed by atoms with Crippen molar-refractivity contribution in [1.82, 2.24) is 15.4 Å². The van der Waals surface area contributed by atoms with Crippen molar-refractivity contribution >= 4 is 6.03 Å². The minimum absolute atomic E-state index is 0.225. The molecule has 3 rings (SSSR count). The van der Waals surface area contributed by atoms with Gasteiger partial charge in [0.1, 0.15) is 23.0 Å². The lowest BCUT2D eigenvalue weighted by Crippen LogP contribution is -2.39. The van der Waals surface area contributed by atoms with Gasteiger partial charge in [0.25, 0.3) is 0 Å². The highest BCUT2D eigenvalue weighted by molar-refractivity contribution is 5.74. The Morgan fingerprint density at radius 1 is 1.10 bits per heavy atom. The Morgan fingerprint density at radius 2 is 1.87 bits per heavy atom. The molecule has 0 fully saturated rings. The Hall–Kier alpha value is -3.55. The van der Waals surface area contributed by atoms with Crippen molar-refractivity contribution in [2.75, 3.05) is 20.8 Å². The number of benzene rings is 2. The van der Waals surface area contributed by atoms with Crippen LogP contribution in [0.5, 0.6) is 11.5 Å². The molecule has 3 aromatic rings. The topological polar surface area (TPSA) is 76.8 Å². The summed E-state index contributed by atoms with van der Waals surface area (Å²) in [5.74, 6) is 1.46. The van der Waals surface area contributed by atoms with Crippen LogP contribution in [0.1, 0.15) is 24.6 Å². The molecule has 0 unspecified atom stereocenters. The van der Waals surface area contributed by atoms with Gasteiger partial charge in [-0.2, -0.15) is 0 Å². The number of methoxy groups -OCH3 is 2. The summed E-state index contributed by atoms with van der Waals surface area (Å²) in [6.45, 7) is 3.07. The normalized spacial score (nSPS) is 10.6. The maximum absolute atomic E-state index is 13.2. The molecule has 2 amide bonds. The lowest BCUT2D eigenvalue weighted by Gasteiger charge is -2.22. The molecule has 0 aliphatic carbocycles. The molecule has 0 saturated carbocycles. The molecule has 0 aliphatic rings. The van der Waals surface area contributed by atoms with Crippen molar-refractivity contribution in [2.45, 2.75) is 26.4 Å². The number of halogens is 1. The molecule has 1 heterocycles. The van der Waals surface area contributed by atoms with E-state index in [4.69, 9.17) is 14.0 Å². The summed E-state index contributed by atoms with van der Waals surface area (Å²) >= 11 is 0. The fraction of sp³-hybridized carbons (Fsp3) is 0.304. The van der Waals surface area contributed by atoms with Crippen molar-refractivity contribution in [3.63, 3.8) is 0 Å². The Kier molecular flexibility index (Phi) is 7.48. The van der Waals surface area contributed by atoms with E-state index in [1.165, 1.54) is 12.1 Å². The van der Waals surface area contributed by atoms with E-state index in [-0.39, 0.29) is 18.4 Å². The van der Waals surface area contributed by atoms with Crippen molar-refractivity contribution in [2.24, 2.45) is 0 Å². The van der Waals surface area contributed by atoms with Gasteiger partial charge in [0, 0.05) is 19.2 Å². The van der Waals surface area contributed by atoms with Crippen molar-refractivity contribution in [3.8, 4) is 22.8 Å². The largest absolute Gasteiger partial charge is 0.497 e. The van der Waals surface area contributed by atoms with Crippen LogP contribution in [0.2, 0.25) is 0 Å². The summed E-state index contributed by atoms with van der Waals surface area (Å²) in [6, 6.07) is 13.0. The molecule has 7 nitrogen and oxygen atoms in total. The van der Waals surface area contributed by atoms with E-state index < -0.39 is 0 Å². The van der Waals surface area contributed by atoms with Crippen LogP contribution >= 0.6 is 0 Å². The van der Waals surface area contributed by atoms with E-state index in [0.29, 0.717) is 41.6 Å². The van der Waals surface area contributed by atoms with Gasteiger partial charge in [-0.05, 0) is 42.3 Å². The summed E-state index contributed by atoms with van der Waals surface area (Å²) in [5.41, 5.74) is 2.08. The molecular formula is C23H26FN3O4. The van der Waals surface area contributed by atoms with Crippen LogP contribution in [0.3, 0.4) is 0 Å². The van der Waals surface area contributed by atoms with Crippen molar-refractivity contribution in [3.05, 3.63) is 65.6 Å². The Morgan fingerprint density at radius 3 is 2.55 bits per heavy atom. The number of carbonyl (C=O) groups excluding carboxylic acids is 1. The first kappa shape index (κ1) is 22.1. The smallest absolute Gasteiger partial charge is 0.318 e. The molecule has 0 atom stereocenters. The van der Waals surface area contributed by atoms with Crippen LogP contribution in [-0.4, -0.2) is 36.9 Å². The number of carbonyl (C=O) groups is 1. The number of ether oxygens (including phenoxy) is 2. The molecule has 0 spiro atoms. The number of amides is 2. The number of urea groups is 1. The first-order valence-electron chi connectivity index (χ1n) is 9.99. The zero-order chi connectivity index (χ0) is 22.2. The van der Waals surface area contributed by atoms with Crippen molar-refractivity contribution < 1.29 is 23.2 Å². The molecule has 1 aromatic heterocycles. The van der Waals surface area contributed by atoms with Gasteiger partial charge in [-0.15, -0.1) is 0 Å². The second-order valence-electron chi connectivity index (χ2n) is 6.96. The summed E-state index contributed by atoms with van der Waals surface area (Å²) in [6.07, 6.45) is 0.819. The highest BCUT2D eigenvalue weighted by Gasteiger charge is 2.19. The molecule has 0 aliphatic heterocycles. The van der Waals surface area contributed by atoms with Crippen LogP contribution in [0.15, 0.2) is 53.1 Å². The highest BCUT2D eigenvalue weighted by Crippen LogP contribution is 2.34. The first-order chi connectivity index (χ1) is 15.0. The Labute approximate surface area is 180 Å². The molecule has 0 saturated heterocycles. The fourth-order valence-electron chi connectivity index (χ4n) is 3.07. The standard InChI is InChI=1S/C23H26FN3O4/c1-4-11-25-23(28)27(14-16-5-7-17(24)8-6-16)15-18-12-22(31-26-18)20-13-19(29-2)9-10-21(20)30-3/h5-10,12-13H,4,11,14-15H2,1-3H3,(H,25,28). The average Bonchev–Trinajstić information content (AvgIpc) is 3.26. The van der Waals surface area contributed by atoms with Crippen molar-refractivity contribution in [1.29, 1.82) is 0 Å². The summed E-state index contributed by atoms with van der Waals surface area (Å²) in [4.78, 5) is 14.3. The number of aromatic nitrogens is 1. The molecular weight excluding hydrogens is 401 g/mol. The average molecular weight is 427 g/mol. The minimum Gasteiger partial charge on any atom is -0.497 e. The maximum Gasteiger partial charge on any atom is 0.318 e. The van der Waals surface area contributed by atoms with Crippen LogP contribution in [-0.2, 0) is 13.1 Å². The zero-order valence-corrected chi connectivity index (χ0v) is 17.9. The number of nitrogens with zero attached hydrogens (tertiary/aromatic N) is 2. The molecule has 1 N–H and O–H groups in total. The first-order valence-corrected chi connectivity index (χ1v) is 9.99.